The molecule has 2 aliphatic rings. The molecule has 0 spiro atoms. The largest absolute Gasteiger partial charge is 0.486 e. The quantitative estimate of drug-likeness (QED) is 0.239. The fraction of sp³-hybridized carbons (Fsp3) is 0.600. The van der Waals surface area contributed by atoms with Crippen molar-refractivity contribution in [2.24, 2.45) is 0 Å². The smallest absolute Gasteiger partial charge is 0.253 e. The minimum absolute atomic E-state index is 0.101. The van der Waals surface area contributed by atoms with Gasteiger partial charge < -0.3 is 39.2 Å². The van der Waals surface area contributed by atoms with E-state index in [1.807, 2.05) is 18.2 Å². The molecule has 35 heavy (non-hydrogen) atoms. The standard InChI is InChI=1S/C25H37N5O4S/c1-28(2)6-4-8-30(25(35)26-5-3-7-29-9-11-32-12-10-29)18-20-15-19-16-22-23(34-14-13-33-22)17-21(19)27-24(20)31/h15-17H,3-14,18H2,1-2H3,(H,26,35)(H,27,31)/p+2. The average Bonchev–Trinajstić information content (AvgIpc) is 2.85. The minimum Gasteiger partial charge on any atom is -0.486 e. The van der Waals surface area contributed by atoms with E-state index in [1.54, 1.807) is 4.90 Å². The lowest BCUT2D eigenvalue weighted by atomic mass is 10.1. The zero-order valence-electron chi connectivity index (χ0n) is 20.9. The first-order chi connectivity index (χ1) is 17.0. The van der Waals surface area contributed by atoms with Crippen LogP contribution in [0.2, 0.25) is 0 Å². The number of rotatable bonds is 10. The van der Waals surface area contributed by atoms with Crippen LogP contribution in [0, 0.1) is 0 Å². The molecule has 1 aromatic heterocycles. The van der Waals surface area contributed by atoms with Gasteiger partial charge in [-0.15, -0.1) is 0 Å². The van der Waals surface area contributed by atoms with Crippen LogP contribution in [0.25, 0.3) is 10.9 Å². The molecule has 10 heteroatoms. The van der Waals surface area contributed by atoms with E-state index in [2.05, 4.69) is 29.3 Å². The Morgan fingerprint density at radius 2 is 1.86 bits per heavy atom. The monoisotopic (exact) mass is 505 g/mol. The number of nitrogens with one attached hydrogen (secondary N) is 4. The molecule has 0 amide bonds. The van der Waals surface area contributed by atoms with Gasteiger partial charge in [0.15, 0.2) is 16.6 Å². The molecule has 192 valence electrons. The van der Waals surface area contributed by atoms with E-state index in [0.29, 0.717) is 41.9 Å². The summed E-state index contributed by atoms with van der Waals surface area (Å²) in [5, 5.41) is 5.07. The van der Waals surface area contributed by atoms with Crippen LogP contribution >= 0.6 is 12.2 Å². The van der Waals surface area contributed by atoms with Crippen molar-refractivity contribution in [2.75, 3.05) is 79.8 Å². The molecule has 1 aromatic carbocycles. The summed E-state index contributed by atoms with van der Waals surface area (Å²) in [6.07, 6.45) is 2.04. The van der Waals surface area contributed by atoms with Gasteiger partial charge in [0.05, 0.1) is 52.5 Å². The third-order valence-electron chi connectivity index (χ3n) is 6.52. The normalized spacial score (nSPS) is 16.0. The predicted molar refractivity (Wildman–Crippen MR) is 140 cm³/mol. The zero-order valence-corrected chi connectivity index (χ0v) is 21.7. The van der Waals surface area contributed by atoms with Gasteiger partial charge in [0.1, 0.15) is 26.3 Å². The summed E-state index contributed by atoms with van der Waals surface area (Å²) in [7, 11) is 4.30. The number of fused-ring (bicyclic) bond motifs is 2. The van der Waals surface area contributed by atoms with Gasteiger partial charge >= 0.3 is 0 Å². The van der Waals surface area contributed by atoms with Gasteiger partial charge in [0.25, 0.3) is 5.56 Å². The third-order valence-corrected chi connectivity index (χ3v) is 6.92. The minimum atomic E-state index is -0.101. The van der Waals surface area contributed by atoms with Crippen molar-refractivity contribution in [2.45, 2.75) is 19.4 Å². The topological polar surface area (TPSA) is 84.7 Å². The van der Waals surface area contributed by atoms with Crippen molar-refractivity contribution in [3.05, 3.63) is 34.1 Å². The summed E-state index contributed by atoms with van der Waals surface area (Å²) >= 11 is 5.78. The summed E-state index contributed by atoms with van der Waals surface area (Å²) in [6.45, 7) is 9.15. The lowest BCUT2D eigenvalue weighted by Crippen LogP contribution is -3.14. The van der Waals surface area contributed by atoms with Crippen LogP contribution in [0.15, 0.2) is 23.0 Å². The molecule has 1 saturated heterocycles. The number of nitrogens with zero attached hydrogens (tertiary/aromatic N) is 1. The molecule has 4 rings (SSSR count). The Hall–Kier alpha value is -2.40. The zero-order chi connectivity index (χ0) is 24.6. The van der Waals surface area contributed by atoms with Gasteiger partial charge in [0.2, 0.25) is 0 Å². The van der Waals surface area contributed by atoms with E-state index in [9.17, 15) is 4.79 Å². The van der Waals surface area contributed by atoms with Crippen molar-refractivity contribution in [3.8, 4) is 11.5 Å². The molecule has 0 saturated carbocycles. The summed E-state index contributed by atoms with van der Waals surface area (Å²) in [4.78, 5) is 21.1. The molecule has 0 radical (unpaired) electrons. The van der Waals surface area contributed by atoms with Crippen LogP contribution in [-0.4, -0.2) is 94.8 Å². The van der Waals surface area contributed by atoms with E-state index >= 15 is 0 Å². The second-order valence-electron chi connectivity index (χ2n) is 9.64. The van der Waals surface area contributed by atoms with Crippen LogP contribution in [0.1, 0.15) is 18.4 Å². The van der Waals surface area contributed by atoms with Crippen molar-refractivity contribution in [1.29, 1.82) is 0 Å². The summed E-state index contributed by atoms with van der Waals surface area (Å²) in [6, 6.07) is 5.73. The second kappa shape index (κ2) is 12.5. The Morgan fingerprint density at radius 3 is 2.60 bits per heavy atom. The molecule has 1 fully saturated rings. The van der Waals surface area contributed by atoms with E-state index in [1.165, 1.54) is 4.90 Å². The van der Waals surface area contributed by atoms with Crippen LogP contribution < -0.4 is 30.1 Å². The number of pyridine rings is 1. The van der Waals surface area contributed by atoms with Crippen molar-refractivity contribution < 1.29 is 24.0 Å². The molecule has 3 heterocycles. The highest BCUT2D eigenvalue weighted by Gasteiger charge is 2.17. The maximum Gasteiger partial charge on any atom is 0.253 e. The average molecular weight is 506 g/mol. The van der Waals surface area contributed by atoms with E-state index < -0.39 is 0 Å². The molecule has 0 bridgehead atoms. The highest BCUT2D eigenvalue weighted by molar-refractivity contribution is 7.80. The fourth-order valence-corrected chi connectivity index (χ4v) is 4.80. The first-order valence-corrected chi connectivity index (χ1v) is 13.1. The second-order valence-corrected chi connectivity index (χ2v) is 10.0. The van der Waals surface area contributed by atoms with Crippen LogP contribution in [0.3, 0.4) is 0 Å². The number of ether oxygens (including phenoxy) is 3. The Morgan fingerprint density at radius 1 is 1.11 bits per heavy atom. The number of benzene rings is 1. The summed E-state index contributed by atoms with van der Waals surface area (Å²) < 4.78 is 16.8. The molecular formula is C25H39N5O4S+2. The van der Waals surface area contributed by atoms with E-state index in [4.69, 9.17) is 26.4 Å². The molecule has 2 aliphatic heterocycles. The molecule has 0 unspecified atom stereocenters. The number of thiocarbonyl (C=S) groups is 1. The summed E-state index contributed by atoms with van der Waals surface area (Å²) in [5.74, 6) is 1.39. The van der Waals surface area contributed by atoms with Gasteiger partial charge in [0, 0.05) is 42.9 Å². The Bertz CT molecular complexity index is 1050. The number of morpholine rings is 1. The number of aromatic amines is 1. The van der Waals surface area contributed by atoms with Gasteiger partial charge in [-0.1, -0.05) is 0 Å². The van der Waals surface area contributed by atoms with Gasteiger partial charge in [-0.05, 0) is 24.4 Å². The van der Waals surface area contributed by atoms with Crippen LogP contribution in [0.5, 0.6) is 11.5 Å². The van der Waals surface area contributed by atoms with Crippen LogP contribution in [0.4, 0.5) is 0 Å². The lowest BCUT2D eigenvalue weighted by molar-refractivity contribution is -0.908. The van der Waals surface area contributed by atoms with Gasteiger partial charge in [-0.2, -0.15) is 0 Å². The Kier molecular flexibility index (Phi) is 9.19. The van der Waals surface area contributed by atoms with Gasteiger partial charge in [-0.3, -0.25) is 4.79 Å². The number of hydrogen-bond donors (Lipinski definition) is 4. The lowest BCUT2D eigenvalue weighted by Gasteiger charge is -2.27. The summed E-state index contributed by atoms with van der Waals surface area (Å²) in [5.41, 5.74) is 1.33. The molecule has 4 N–H and O–H groups in total. The highest BCUT2D eigenvalue weighted by Crippen LogP contribution is 2.33. The van der Waals surface area contributed by atoms with Crippen molar-refractivity contribution in [1.82, 2.24) is 15.2 Å². The number of H-pyrrole nitrogens is 1. The molecule has 9 nitrogen and oxygen atoms in total. The maximum absolute atomic E-state index is 12.9. The van der Waals surface area contributed by atoms with Crippen molar-refractivity contribution in [3.63, 3.8) is 0 Å². The molecule has 0 aliphatic carbocycles. The maximum atomic E-state index is 12.9. The molecule has 2 aromatic rings. The number of quaternary nitrogens is 2. The Labute approximate surface area is 212 Å². The molecular weight excluding hydrogens is 466 g/mol. The van der Waals surface area contributed by atoms with E-state index in [-0.39, 0.29) is 5.56 Å². The van der Waals surface area contributed by atoms with Crippen molar-refractivity contribution >= 4 is 28.2 Å². The third kappa shape index (κ3) is 7.30. The fourth-order valence-electron chi connectivity index (χ4n) is 4.54. The molecule has 0 atom stereocenters. The Balaban J connectivity index is 1.42. The van der Waals surface area contributed by atoms with Gasteiger partial charge in [-0.25, -0.2) is 0 Å². The van der Waals surface area contributed by atoms with Crippen LogP contribution in [-0.2, 0) is 11.3 Å². The predicted octanol–water partition coefficient (Wildman–Crippen LogP) is -1.18. The number of hydrogen-bond acceptors (Lipinski definition) is 5. The highest BCUT2D eigenvalue weighted by atomic mass is 32.1. The SMILES string of the molecule is C[NH+](C)CCCN(Cc1cc2cc3c(cc2[nH]c1=O)OCCO3)C(=S)NCCC[NH+]1CCOCC1. The first kappa shape index (κ1) is 25.7. The number of aromatic nitrogens is 1. The van der Waals surface area contributed by atoms with E-state index in [0.717, 1.165) is 76.2 Å². The first-order valence-electron chi connectivity index (χ1n) is 12.7.